The lowest BCUT2D eigenvalue weighted by Gasteiger charge is -2.26. The number of Topliss-reactive ketones (excluding diaryl/α,β-unsaturated/α-hetero) is 1. The van der Waals surface area contributed by atoms with Crippen molar-refractivity contribution in [2.75, 3.05) is 0 Å². The van der Waals surface area contributed by atoms with E-state index < -0.39 is 0 Å². The van der Waals surface area contributed by atoms with E-state index in [0.29, 0.717) is 23.5 Å². The molecule has 1 heteroatoms. The summed E-state index contributed by atoms with van der Waals surface area (Å²) in [6.07, 6.45) is 5.72. The van der Waals surface area contributed by atoms with Crippen LogP contribution in [-0.4, -0.2) is 5.78 Å². The molecule has 0 N–H and O–H groups in total. The zero-order valence-corrected chi connectivity index (χ0v) is 9.47. The van der Waals surface area contributed by atoms with Crippen LogP contribution in [0.4, 0.5) is 0 Å². The van der Waals surface area contributed by atoms with E-state index in [2.05, 4.69) is 36.4 Å². The van der Waals surface area contributed by atoms with E-state index in [1.54, 1.807) is 6.92 Å². The van der Waals surface area contributed by atoms with Crippen molar-refractivity contribution in [1.82, 2.24) is 0 Å². The van der Waals surface area contributed by atoms with Crippen LogP contribution in [0.5, 0.6) is 0 Å². The Morgan fingerprint density at radius 2 is 1.81 bits per heavy atom. The SMILES string of the molecule is CC(=O)[C@H]1[C@H](c2ccccc2)[C@H]2C=C[C@@H]1C2. The van der Waals surface area contributed by atoms with E-state index in [0.717, 1.165) is 0 Å². The molecule has 2 bridgehead atoms. The fourth-order valence-corrected chi connectivity index (χ4v) is 3.51. The molecule has 0 aliphatic heterocycles. The molecule has 1 fully saturated rings. The van der Waals surface area contributed by atoms with Crippen molar-refractivity contribution in [1.29, 1.82) is 0 Å². The quantitative estimate of drug-likeness (QED) is 0.688. The summed E-state index contributed by atoms with van der Waals surface area (Å²) in [5.41, 5.74) is 1.33. The number of hydrogen-bond acceptors (Lipinski definition) is 1. The number of rotatable bonds is 2. The number of allylic oxidation sites excluding steroid dienone is 2. The van der Waals surface area contributed by atoms with Crippen LogP contribution in [0.15, 0.2) is 42.5 Å². The topological polar surface area (TPSA) is 17.1 Å². The smallest absolute Gasteiger partial charge is 0.134 e. The first-order chi connectivity index (χ1) is 7.77. The first kappa shape index (κ1) is 9.83. The molecule has 16 heavy (non-hydrogen) atoms. The van der Waals surface area contributed by atoms with Gasteiger partial charge in [0.25, 0.3) is 0 Å². The molecule has 0 spiro atoms. The van der Waals surface area contributed by atoms with E-state index in [1.807, 2.05) is 6.07 Å². The van der Waals surface area contributed by atoms with Gasteiger partial charge in [-0.2, -0.15) is 0 Å². The van der Waals surface area contributed by atoms with Crippen molar-refractivity contribution in [3.63, 3.8) is 0 Å². The summed E-state index contributed by atoms with van der Waals surface area (Å²) >= 11 is 0. The number of benzene rings is 1. The first-order valence-corrected chi connectivity index (χ1v) is 6.01. The van der Waals surface area contributed by atoms with E-state index in [9.17, 15) is 4.79 Å². The molecular formula is C15H16O. The molecule has 1 nitrogen and oxygen atoms in total. The molecule has 1 aromatic rings. The Bertz CT molecular complexity index is 432. The highest BCUT2D eigenvalue weighted by molar-refractivity contribution is 5.81. The molecule has 0 heterocycles. The third kappa shape index (κ3) is 1.35. The average Bonchev–Trinajstić information content (AvgIpc) is 2.89. The van der Waals surface area contributed by atoms with Gasteiger partial charge in [-0.05, 0) is 30.7 Å². The van der Waals surface area contributed by atoms with Crippen molar-refractivity contribution in [2.24, 2.45) is 17.8 Å². The zero-order valence-electron chi connectivity index (χ0n) is 9.47. The summed E-state index contributed by atoms with van der Waals surface area (Å²) in [7, 11) is 0. The lowest BCUT2D eigenvalue weighted by Crippen LogP contribution is -2.24. The summed E-state index contributed by atoms with van der Waals surface area (Å²) in [5, 5.41) is 0. The van der Waals surface area contributed by atoms with Crippen molar-refractivity contribution >= 4 is 5.78 Å². The number of carbonyl (C=O) groups excluding carboxylic acids is 1. The molecule has 0 amide bonds. The Morgan fingerprint density at radius 1 is 1.12 bits per heavy atom. The maximum atomic E-state index is 11.8. The van der Waals surface area contributed by atoms with Crippen LogP contribution >= 0.6 is 0 Å². The lowest BCUT2D eigenvalue weighted by molar-refractivity contribution is -0.121. The van der Waals surface area contributed by atoms with E-state index in [-0.39, 0.29) is 5.92 Å². The molecule has 0 aromatic heterocycles. The third-order valence-electron chi connectivity index (χ3n) is 4.11. The monoisotopic (exact) mass is 212 g/mol. The largest absolute Gasteiger partial charge is 0.300 e. The maximum Gasteiger partial charge on any atom is 0.134 e. The van der Waals surface area contributed by atoms with Gasteiger partial charge in [0.05, 0.1) is 0 Å². The van der Waals surface area contributed by atoms with Crippen LogP contribution in [0.3, 0.4) is 0 Å². The van der Waals surface area contributed by atoms with Crippen molar-refractivity contribution < 1.29 is 4.79 Å². The normalized spacial score (nSPS) is 35.6. The molecule has 0 radical (unpaired) electrons. The molecule has 2 aliphatic rings. The number of ketones is 1. The van der Waals surface area contributed by atoms with Crippen LogP contribution in [0, 0.1) is 17.8 Å². The highest BCUT2D eigenvalue weighted by Gasteiger charge is 2.46. The van der Waals surface area contributed by atoms with Crippen LogP contribution in [0.1, 0.15) is 24.8 Å². The van der Waals surface area contributed by atoms with Gasteiger partial charge in [-0.25, -0.2) is 0 Å². The van der Waals surface area contributed by atoms with Gasteiger partial charge in [-0.3, -0.25) is 4.79 Å². The number of hydrogen-bond donors (Lipinski definition) is 0. The van der Waals surface area contributed by atoms with Crippen LogP contribution in [0.2, 0.25) is 0 Å². The molecule has 0 saturated heterocycles. The van der Waals surface area contributed by atoms with Crippen LogP contribution in [-0.2, 0) is 4.79 Å². The fourth-order valence-electron chi connectivity index (χ4n) is 3.51. The Kier molecular flexibility index (Phi) is 2.20. The predicted octanol–water partition coefficient (Wildman–Crippen LogP) is 3.18. The summed E-state index contributed by atoms with van der Waals surface area (Å²) in [6, 6.07) is 10.5. The van der Waals surface area contributed by atoms with Gasteiger partial charge < -0.3 is 0 Å². The summed E-state index contributed by atoms with van der Waals surface area (Å²) in [4.78, 5) is 11.8. The Labute approximate surface area is 96.2 Å². The first-order valence-electron chi connectivity index (χ1n) is 6.01. The predicted molar refractivity (Wildman–Crippen MR) is 64.1 cm³/mol. The van der Waals surface area contributed by atoms with Gasteiger partial charge >= 0.3 is 0 Å². The summed E-state index contributed by atoms with van der Waals surface area (Å²) in [5.74, 6) is 2.07. The molecule has 0 unspecified atom stereocenters. The molecule has 1 aromatic carbocycles. The zero-order chi connectivity index (χ0) is 11.1. The summed E-state index contributed by atoms with van der Waals surface area (Å²) in [6.45, 7) is 1.75. The van der Waals surface area contributed by atoms with Gasteiger partial charge in [0, 0.05) is 11.8 Å². The Morgan fingerprint density at radius 3 is 2.50 bits per heavy atom. The van der Waals surface area contributed by atoms with E-state index in [4.69, 9.17) is 0 Å². The van der Waals surface area contributed by atoms with Crippen molar-refractivity contribution in [2.45, 2.75) is 19.3 Å². The molecule has 1 saturated carbocycles. The standard InChI is InChI=1S/C15H16O/c1-10(16)14-12-7-8-13(9-12)15(14)11-5-3-2-4-6-11/h2-8,12-15H,9H2,1H3/t12-,13+,14-,15-/m1/s1. The minimum Gasteiger partial charge on any atom is -0.300 e. The maximum absolute atomic E-state index is 11.8. The van der Waals surface area contributed by atoms with Gasteiger partial charge in [0.1, 0.15) is 5.78 Å². The van der Waals surface area contributed by atoms with Gasteiger partial charge in [0.15, 0.2) is 0 Å². The Balaban J connectivity index is 2.00. The van der Waals surface area contributed by atoms with Crippen LogP contribution in [0.25, 0.3) is 0 Å². The minimum atomic E-state index is 0.220. The lowest BCUT2D eigenvalue weighted by atomic mass is 9.77. The molecular weight excluding hydrogens is 196 g/mol. The van der Waals surface area contributed by atoms with Crippen molar-refractivity contribution in [3.8, 4) is 0 Å². The second-order valence-electron chi connectivity index (χ2n) is 5.02. The Hall–Kier alpha value is -1.37. The van der Waals surface area contributed by atoms with E-state index in [1.165, 1.54) is 12.0 Å². The minimum absolute atomic E-state index is 0.220. The molecule has 82 valence electrons. The highest BCUT2D eigenvalue weighted by atomic mass is 16.1. The molecule has 2 aliphatic carbocycles. The van der Waals surface area contributed by atoms with E-state index >= 15 is 0 Å². The molecule has 3 rings (SSSR count). The van der Waals surface area contributed by atoms with Gasteiger partial charge in [-0.1, -0.05) is 42.5 Å². The van der Waals surface area contributed by atoms with Gasteiger partial charge in [-0.15, -0.1) is 0 Å². The highest BCUT2D eigenvalue weighted by Crippen LogP contribution is 2.53. The number of fused-ring (bicyclic) bond motifs is 2. The van der Waals surface area contributed by atoms with Gasteiger partial charge in [0.2, 0.25) is 0 Å². The fraction of sp³-hybridized carbons (Fsp3) is 0.400. The summed E-state index contributed by atoms with van der Waals surface area (Å²) < 4.78 is 0. The second-order valence-corrected chi connectivity index (χ2v) is 5.02. The average molecular weight is 212 g/mol. The van der Waals surface area contributed by atoms with Crippen LogP contribution < -0.4 is 0 Å². The second kappa shape index (κ2) is 3.58. The van der Waals surface area contributed by atoms with Crippen molar-refractivity contribution in [3.05, 3.63) is 48.0 Å². The third-order valence-corrected chi connectivity index (χ3v) is 4.11. The number of carbonyl (C=O) groups is 1. The molecule has 4 atom stereocenters.